The number of hydrogen-bond acceptors (Lipinski definition) is 0. The Balaban J connectivity index is 4.13. The summed E-state index contributed by atoms with van der Waals surface area (Å²) in [4.78, 5) is 0. The van der Waals surface area contributed by atoms with Gasteiger partial charge in [-0.2, -0.15) is 0 Å². The van der Waals surface area contributed by atoms with E-state index < -0.39 is 0 Å². The van der Waals surface area contributed by atoms with Gasteiger partial charge in [-0.25, -0.2) is 0 Å². The maximum absolute atomic E-state index is 3.51. The summed E-state index contributed by atoms with van der Waals surface area (Å²) in [5, 5.41) is 0. The predicted octanol–water partition coefficient (Wildman–Crippen LogP) is -2.67. The van der Waals surface area contributed by atoms with Gasteiger partial charge in [-0.15, -0.1) is 7.71 Å². The molecule has 0 aliphatic heterocycles. The molecule has 0 bridgehead atoms. The first-order valence-electron chi connectivity index (χ1n) is 1.50. The first-order valence-corrected chi connectivity index (χ1v) is 13.5. The van der Waals surface area contributed by atoms with Gasteiger partial charge in [-0.1, -0.05) is 0 Å². The maximum Gasteiger partial charge on any atom is 0.0344 e. The van der Waals surface area contributed by atoms with Crippen molar-refractivity contribution >= 4 is 60.6 Å². The van der Waals surface area contributed by atoms with E-state index >= 15 is 0 Å². The highest BCUT2D eigenvalue weighted by molar-refractivity contribution is 7.49. The Hall–Kier alpha value is 1.52. The minimum Gasteiger partial charge on any atom is -0.114 e. The summed E-state index contributed by atoms with van der Waals surface area (Å²) >= 11 is 0. The highest BCUT2D eigenvalue weighted by atomic mass is 29.8. The van der Waals surface area contributed by atoms with Crippen molar-refractivity contribution in [2.24, 2.45) is 0 Å². The van der Waals surface area contributed by atoms with Gasteiger partial charge in [0.25, 0.3) is 0 Å². The molecule has 0 saturated carbocycles. The quantitative estimate of drug-likeness (QED) is 0.371. The Morgan fingerprint density at radius 1 is 0.857 bits per heavy atom. The predicted molar refractivity (Wildman–Crippen MR) is 40.3 cm³/mol. The van der Waals surface area contributed by atoms with E-state index in [2.05, 4.69) is 39.0 Å². The second kappa shape index (κ2) is 4.40. The Morgan fingerprint density at radius 2 is 1.14 bits per heavy atom. The second-order valence-electron chi connectivity index (χ2n) is 0.875. The average Bonchev–Trinajstić information content (AvgIpc) is 1.27. The Labute approximate surface area is 60.6 Å². The van der Waals surface area contributed by atoms with Crippen molar-refractivity contribution in [2.45, 2.75) is 0 Å². The van der Waals surface area contributed by atoms with Gasteiger partial charge in [0.2, 0.25) is 0 Å². The van der Waals surface area contributed by atoms with E-state index in [9.17, 15) is 0 Å². The fourth-order valence-corrected chi connectivity index (χ4v) is 30.4. The Morgan fingerprint density at radius 3 is 1.14 bits per heavy atom. The summed E-state index contributed by atoms with van der Waals surface area (Å²) in [5.74, 6) is 0. The van der Waals surface area contributed by atoms with Crippen LogP contribution in [0.1, 0.15) is 0 Å². The van der Waals surface area contributed by atoms with Crippen molar-refractivity contribution in [2.75, 3.05) is 0 Å². The normalized spacial score (nSPS) is 7.43. The zero-order valence-electron chi connectivity index (χ0n) is 3.50. The van der Waals surface area contributed by atoms with E-state index in [0.717, 1.165) is 7.71 Å². The summed E-state index contributed by atoms with van der Waals surface area (Å²) in [6.45, 7) is -0.694. The van der Waals surface area contributed by atoms with Crippen molar-refractivity contribution in [3.05, 3.63) is 0 Å². The van der Waals surface area contributed by atoms with Crippen molar-refractivity contribution in [1.29, 1.82) is 0 Å². The lowest BCUT2D eigenvalue weighted by Gasteiger charge is -1.75. The number of rotatable bonds is 0. The van der Waals surface area contributed by atoms with Gasteiger partial charge in [-0.05, 0) is 13.9 Å². The molecule has 0 N–H and O–H groups in total. The fraction of sp³-hybridized carbons (Fsp3) is 0. The SMILES string of the molecule is [Si][Si]([Si])=[Si]=[Si]([Si])[Si]. The lowest BCUT2D eigenvalue weighted by Crippen LogP contribution is -2.11. The molecule has 7 heavy (non-hydrogen) atoms. The van der Waals surface area contributed by atoms with E-state index in [1.54, 1.807) is 0 Å². The van der Waals surface area contributed by atoms with Crippen LogP contribution in [0.25, 0.3) is 0 Å². The third-order valence-corrected chi connectivity index (χ3v) is 20.2. The van der Waals surface area contributed by atoms with Gasteiger partial charge < -0.3 is 0 Å². The summed E-state index contributed by atoms with van der Waals surface area (Å²) < 4.78 is 0. The molecule has 12 radical (unpaired) electrons. The summed E-state index contributed by atoms with van der Waals surface area (Å²) in [6, 6.07) is 0. The molecule has 28 valence electrons. The van der Waals surface area contributed by atoms with Gasteiger partial charge in [-0.3, -0.25) is 0 Å². The smallest absolute Gasteiger partial charge is 0.0344 e. The maximum atomic E-state index is 3.51. The first kappa shape index (κ1) is 8.52. The van der Waals surface area contributed by atoms with E-state index in [1.807, 2.05) is 0 Å². The lowest BCUT2D eigenvalue weighted by atomic mass is 26.4. The molecule has 0 aromatic carbocycles. The molecule has 0 atom stereocenters. The van der Waals surface area contributed by atoms with Crippen molar-refractivity contribution in [3.63, 3.8) is 0 Å². The molecule has 0 heterocycles. The van der Waals surface area contributed by atoms with Crippen molar-refractivity contribution < 1.29 is 0 Å². The van der Waals surface area contributed by atoms with Gasteiger partial charge in [0.1, 0.15) is 0 Å². The average molecular weight is 197 g/mol. The molecule has 7 heteroatoms. The van der Waals surface area contributed by atoms with Crippen LogP contribution >= 0.6 is 0 Å². The molecule has 0 aromatic heterocycles. The largest absolute Gasteiger partial charge is 0.114 e. The van der Waals surface area contributed by atoms with Crippen molar-refractivity contribution in [3.8, 4) is 0 Å². The van der Waals surface area contributed by atoms with Gasteiger partial charge >= 0.3 is 0 Å². The standard InChI is InChI=1S/Si7/c1-6(2)5-7(3)4. The Kier molecular flexibility index (Phi) is 5.36. The zero-order chi connectivity index (χ0) is 5.86. The minimum absolute atomic E-state index is 0.347. The molecule has 0 saturated heterocycles. The van der Waals surface area contributed by atoms with Crippen LogP contribution in [-0.2, 0) is 0 Å². The minimum atomic E-state index is -0.347. The topological polar surface area (TPSA) is 0 Å². The van der Waals surface area contributed by atoms with Crippen LogP contribution in [0.15, 0.2) is 0 Å². The summed E-state index contributed by atoms with van der Waals surface area (Å²) in [6.07, 6.45) is 0. The van der Waals surface area contributed by atoms with Crippen LogP contribution < -0.4 is 0 Å². The molecule has 0 unspecified atom stereocenters. The summed E-state index contributed by atoms with van der Waals surface area (Å²) in [7, 11) is 15.0. The molecular formula is Si7. The fourth-order valence-electron chi connectivity index (χ4n) is 0.125. The van der Waals surface area contributed by atoms with Crippen LogP contribution in [0.4, 0.5) is 0 Å². The number of hydrogen-bond donors (Lipinski definition) is 0. The molecule has 0 nitrogen and oxygen atoms in total. The van der Waals surface area contributed by atoms with E-state index in [-0.39, 0.29) is 13.9 Å². The van der Waals surface area contributed by atoms with Crippen LogP contribution in [0.5, 0.6) is 0 Å². The molecule has 0 rings (SSSR count). The third kappa shape index (κ3) is 7.52. The van der Waals surface area contributed by atoms with Gasteiger partial charge in [0, 0.05) is 39.0 Å². The van der Waals surface area contributed by atoms with Crippen LogP contribution in [0.2, 0.25) is 0 Å². The molecule has 0 amide bonds. The van der Waals surface area contributed by atoms with Crippen LogP contribution in [-0.4, -0.2) is 60.6 Å². The molecule has 0 fully saturated rings. The Bertz CT molecular complexity index is 92.0. The van der Waals surface area contributed by atoms with Crippen molar-refractivity contribution in [1.82, 2.24) is 0 Å². The van der Waals surface area contributed by atoms with E-state index in [0.29, 0.717) is 0 Å². The highest BCUT2D eigenvalue weighted by Gasteiger charge is 1.72. The highest BCUT2D eigenvalue weighted by Crippen LogP contribution is 1.35. The monoisotopic (exact) mass is 196 g/mol. The zero-order valence-corrected chi connectivity index (χ0v) is 10.5. The lowest BCUT2D eigenvalue weighted by molar-refractivity contribution is 4.02. The summed E-state index contributed by atoms with van der Waals surface area (Å²) in [5.41, 5.74) is 0. The molecular weight excluding hydrogens is 197 g/mol. The molecule has 0 aliphatic rings. The van der Waals surface area contributed by atoms with Gasteiger partial charge in [0.15, 0.2) is 0 Å². The second-order valence-corrected chi connectivity index (χ2v) is 23.6. The van der Waals surface area contributed by atoms with E-state index in [4.69, 9.17) is 0 Å². The molecule has 0 aromatic rings. The molecule has 0 spiro atoms. The van der Waals surface area contributed by atoms with Crippen LogP contribution in [0.3, 0.4) is 0 Å². The first-order chi connectivity index (χ1) is 3.13. The van der Waals surface area contributed by atoms with E-state index in [1.165, 1.54) is 0 Å². The third-order valence-electron chi connectivity index (χ3n) is 0.250. The molecule has 0 aliphatic carbocycles. The van der Waals surface area contributed by atoms with Gasteiger partial charge in [0.05, 0.1) is 0 Å². The van der Waals surface area contributed by atoms with Crippen LogP contribution in [0, 0.1) is 0 Å².